The summed E-state index contributed by atoms with van der Waals surface area (Å²) in [6.07, 6.45) is 1.62. The van der Waals surface area contributed by atoms with Crippen LogP contribution in [0.3, 0.4) is 0 Å². The average Bonchev–Trinajstić information content (AvgIpc) is 3.23. The molecule has 264 valence electrons. The van der Waals surface area contributed by atoms with Crippen LogP contribution in [-0.4, -0.2) is 53.8 Å². The molecule has 0 amide bonds. The molecule has 1 saturated carbocycles. The average molecular weight is 659 g/mol. The Kier molecular flexibility index (Phi) is 18.4. The second-order valence-corrected chi connectivity index (χ2v) is 11.8. The van der Waals surface area contributed by atoms with Crippen LogP contribution in [0.2, 0.25) is 0 Å². The minimum atomic E-state index is -4.29. The predicted molar refractivity (Wildman–Crippen MR) is 180 cm³/mol. The van der Waals surface area contributed by atoms with Crippen molar-refractivity contribution in [1.29, 1.82) is 0 Å². The molecule has 2 aromatic rings. The van der Waals surface area contributed by atoms with Gasteiger partial charge in [-0.1, -0.05) is 57.2 Å². The standard InChI is InChI=1S/C19H24F3N3.C8H9F.C5H11NO.C2H6.CH4O2.2H2/c1-12-18(2,3)24-17(23-12)14-9-16(10-14)25(4)11-13-5-7-15(8-6-13)19(20,21)22;1-2-7-3-5-8(9)6-4-7;7-6-4-5-2-1-3-5;1-2;1-3-2;;/h5-8,12,17,23-24H,9,11H2,1-4H3;3-6H,2H2,1H3;5-7H,1-4H2;1-2H3;2H,1H3;2*1H. The normalized spacial score (nSPS) is 19.4. The van der Waals surface area contributed by atoms with Gasteiger partial charge < -0.3 is 10.1 Å². The van der Waals surface area contributed by atoms with Gasteiger partial charge in [-0.3, -0.25) is 15.9 Å². The maximum Gasteiger partial charge on any atom is 0.416 e. The van der Waals surface area contributed by atoms with Gasteiger partial charge >= 0.3 is 6.18 Å². The highest BCUT2D eigenvalue weighted by Crippen LogP contribution is 2.31. The van der Waals surface area contributed by atoms with Crippen molar-refractivity contribution in [2.75, 3.05) is 20.7 Å². The van der Waals surface area contributed by atoms with E-state index >= 15 is 0 Å². The first kappa shape index (κ1) is 41.3. The molecule has 2 aromatic carbocycles. The van der Waals surface area contributed by atoms with E-state index in [2.05, 4.69) is 47.5 Å². The molecule has 0 bridgehead atoms. The van der Waals surface area contributed by atoms with Gasteiger partial charge in [-0.25, -0.2) is 14.8 Å². The van der Waals surface area contributed by atoms with Gasteiger partial charge in [0, 0.05) is 46.6 Å². The Hall–Kier alpha value is -2.76. The lowest BCUT2D eigenvalue weighted by atomic mass is 9.86. The Labute approximate surface area is 275 Å². The fraction of sp³-hybridized carbons (Fsp3) is 0.571. The number of aryl methyl sites for hydroxylation is 1. The van der Waals surface area contributed by atoms with E-state index in [1.807, 2.05) is 32.7 Å². The van der Waals surface area contributed by atoms with Gasteiger partial charge in [-0.2, -0.15) is 13.2 Å². The van der Waals surface area contributed by atoms with Crippen molar-refractivity contribution >= 4 is 0 Å². The summed E-state index contributed by atoms with van der Waals surface area (Å²) in [5.41, 5.74) is 9.30. The van der Waals surface area contributed by atoms with Gasteiger partial charge in [-0.15, -0.1) is 0 Å². The van der Waals surface area contributed by atoms with E-state index < -0.39 is 11.7 Å². The minimum absolute atomic E-state index is 0. The molecule has 2 fully saturated rings. The topological polar surface area (TPSA) is 89.0 Å². The summed E-state index contributed by atoms with van der Waals surface area (Å²) in [6.45, 7) is 13.9. The molecule has 0 spiro atoms. The first-order chi connectivity index (χ1) is 21.7. The van der Waals surface area contributed by atoms with E-state index in [9.17, 15) is 17.6 Å². The molecule has 5 N–H and O–H groups in total. The van der Waals surface area contributed by atoms with Gasteiger partial charge in [0.1, 0.15) is 5.82 Å². The molecule has 1 saturated heterocycles. The highest BCUT2D eigenvalue weighted by atomic mass is 19.4. The molecule has 2 aliphatic carbocycles. The molecule has 2 unspecified atom stereocenters. The summed E-state index contributed by atoms with van der Waals surface area (Å²) >= 11 is 0. The molecular weight excluding hydrogens is 600 g/mol. The SMILES string of the molecule is CC.CC1NC(C2=C=C(N(C)Cc3ccc(C(F)(F)F)cc3)C2)NC1(C)C.CCc1ccc(F)cc1.COO.ONCC1CCC1.[HH].[HH]. The van der Waals surface area contributed by atoms with Crippen LogP contribution in [0.5, 0.6) is 0 Å². The van der Waals surface area contributed by atoms with Crippen LogP contribution in [0.25, 0.3) is 0 Å². The summed E-state index contributed by atoms with van der Waals surface area (Å²) in [4.78, 5) is 5.29. The molecule has 46 heavy (non-hydrogen) atoms. The fourth-order valence-electron chi connectivity index (χ4n) is 4.65. The summed E-state index contributed by atoms with van der Waals surface area (Å²) in [5, 5.41) is 22.3. The number of alkyl halides is 3. The predicted octanol–water partition coefficient (Wildman–Crippen LogP) is 8.41. The Morgan fingerprint density at radius 1 is 1.07 bits per heavy atom. The van der Waals surface area contributed by atoms with E-state index in [0.29, 0.717) is 12.6 Å². The van der Waals surface area contributed by atoms with Crippen LogP contribution in [0, 0.1) is 11.7 Å². The lowest BCUT2D eigenvalue weighted by molar-refractivity contribution is -0.214. The number of hydrogen-bond donors (Lipinski definition) is 5. The summed E-state index contributed by atoms with van der Waals surface area (Å²) in [5.74, 6) is 0.609. The monoisotopic (exact) mass is 658 g/mol. The third kappa shape index (κ3) is 13.9. The van der Waals surface area contributed by atoms with E-state index in [-0.39, 0.29) is 20.4 Å². The van der Waals surface area contributed by atoms with Crippen LogP contribution in [0.15, 0.2) is 65.5 Å². The van der Waals surface area contributed by atoms with E-state index in [4.69, 9.17) is 10.5 Å². The molecule has 1 aliphatic heterocycles. The van der Waals surface area contributed by atoms with Crippen LogP contribution in [0.1, 0.15) is 86.8 Å². The molecule has 7 nitrogen and oxygen atoms in total. The fourth-order valence-corrected chi connectivity index (χ4v) is 4.65. The van der Waals surface area contributed by atoms with Crippen LogP contribution < -0.4 is 16.1 Å². The maximum absolute atomic E-state index is 12.6. The second-order valence-electron chi connectivity index (χ2n) is 11.8. The van der Waals surface area contributed by atoms with Crippen molar-refractivity contribution in [3.05, 3.63) is 88.0 Å². The van der Waals surface area contributed by atoms with Gasteiger partial charge in [0.05, 0.1) is 24.5 Å². The van der Waals surface area contributed by atoms with Crippen molar-refractivity contribution in [1.82, 2.24) is 21.0 Å². The number of nitrogens with one attached hydrogen (secondary N) is 3. The van der Waals surface area contributed by atoms with Crippen LogP contribution in [0.4, 0.5) is 17.6 Å². The second kappa shape index (κ2) is 20.5. The largest absolute Gasteiger partial charge is 0.416 e. The number of rotatable bonds is 7. The zero-order chi connectivity index (χ0) is 34.9. The Bertz CT molecular complexity index is 1210. The third-order valence-corrected chi connectivity index (χ3v) is 8.11. The minimum Gasteiger partial charge on any atom is -0.367 e. The summed E-state index contributed by atoms with van der Waals surface area (Å²) in [7, 11) is 3.12. The first-order valence-electron chi connectivity index (χ1n) is 15.9. The van der Waals surface area contributed by atoms with Gasteiger partial charge in [0.25, 0.3) is 0 Å². The lowest BCUT2D eigenvalue weighted by Gasteiger charge is -2.29. The number of hydrogen-bond acceptors (Lipinski definition) is 7. The molecule has 11 heteroatoms. The first-order valence-corrected chi connectivity index (χ1v) is 15.9. The molecule has 0 aromatic heterocycles. The number of nitrogens with zero attached hydrogens (tertiary/aromatic N) is 1. The van der Waals surface area contributed by atoms with Crippen molar-refractivity contribution in [2.45, 2.75) is 104 Å². The number of benzene rings is 2. The molecule has 2 atom stereocenters. The number of hydroxylamine groups is 1. The van der Waals surface area contributed by atoms with Crippen molar-refractivity contribution in [3.63, 3.8) is 0 Å². The zero-order valence-electron chi connectivity index (χ0n) is 28.6. The smallest absolute Gasteiger partial charge is 0.367 e. The van der Waals surface area contributed by atoms with E-state index in [1.165, 1.54) is 61.8 Å². The molecule has 0 radical (unpaired) electrons. The quantitative estimate of drug-likeness (QED) is 0.0884. The zero-order valence-corrected chi connectivity index (χ0v) is 28.6. The van der Waals surface area contributed by atoms with Crippen molar-refractivity contribution < 1.29 is 35.8 Å². The molecule has 1 heterocycles. The Morgan fingerprint density at radius 2 is 1.59 bits per heavy atom. The van der Waals surface area contributed by atoms with Crippen LogP contribution in [-0.2, 0) is 24.0 Å². The lowest BCUT2D eigenvalue weighted by Crippen LogP contribution is -2.43. The van der Waals surface area contributed by atoms with Crippen molar-refractivity contribution in [2.24, 2.45) is 5.92 Å². The van der Waals surface area contributed by atoms with Crippen LogP contribution >= 0.6 is 0 Å². The Morgan fingerprint density at radius 3 is 1.96 bits per heavy atom. The van der Waals surface area contributed by atoms with Gasteiger partial charge in [0.2, 0.25) is 0 Å². The van der Waals surface area contributed by atoms with Gasteiger partial charge in [-0.05, 0) is 81.3 Å². The Balaban J connectivity index is 0. The van der Waals surface area contributed by atoms with Crippen molar-refractivity contribution in [3.8, 4) is 0 Å². The number of halogens is 4. The maximum atomic E-state index is 12.6. The summed E-state index contributed by atoms with van der Waals surface area (Å²) in [6, 6.07) is 12.3. The van der Waals surface area contributed by atoms with E-state index in [0.717, 1.165) is 48.7 Å². The highest BCUT2D eigenvalue weighted by molar-refractivity contribution is 5.32. The van der Waals surface area contributed by atoms with E-state index in [1.54, 1.807) is 12.1 Å². The molecule has 5 rings (SSSR count). The molecule has 3 aliphatic rings. The summed E-state index contributed by atoms with van der Waals surface area (Å²) < 4.78 is 50.0. The third-order valence-electron chi connectivity index (χ3n) is 8.11. The highest BCUT2D eigenvalue weighted by Gasteiger charge is 2.39. The molecular formula is C35H58F4N4O3. The van der Waals surface area contributed by atoms with Gasteiger partial charge in [0.15, 0.2) is 0 Å².